The molecule has 1 saturated carbocycles. The highest BCUT2D eigenvalue weighted by Gasteiger charge is 2.38. The van der Waals surface area contributed by atoms with E-state index in [0.717, 1.165) is 31.2 Å². The molecule has 0 aliphatic heterocycles. The molecule has 0 atom stereocenters. The van der Waals surface area contributed by atoms with Crippen LogP contribution in [0.25, 0.3) is 0 Å². The lowest BCUT2D eigenvalue weighted by atomic mass is 9.72. The Morgan fingerprint density at radius 1 is 1.14 bits per heavy atom. The minimum atomic E-state index is -0.485. The zero-order valence-corrected chi connectivity index (χ0v) is 12.9. The van der Waals surface area contributed by atoms with Crippen molar-refractivity contribution in [2.75, 3.05) is 0 Å². The van der Waals surface area contributed by atoms with Gasteiger partial charge < -0.3 is 5.32 Å². The van der Waals surface area contributed by atoms with Crippen LogP contribution < -0.4 is 5.32 Å². The third kappa shape index (κ3) is 3.14. The second-order valence-electron chi connectivity index (χ2n) is 5.87. The topological polar surface area (TPSA) is 29.1 Å². The second kappa shape index (κ2) is 6.09. The van der Waals surface area contributed by atoms with Crippen molar-refractivity contribution in [3.63, 3.8) is 0 Å². The monoisotopic (exact) mass is 317 g/mol. The predicted octanol–water partition coefficient (Wildman–Crippen LogP) is 4.37. The minimum absolute atomic E-state index is 0.102. The first-order valence-corrected chi connectivity index (χ1v) is 7.77. The van der Waals surface area contributed by atoms with Gasteiger partial charge in [0.25, 0.3) is 5.91 Å². The largest absolute Gasteiger partial charge is 0.346 e. The van der Waals surface area contributed by atoms with Gasteiger partial charge in [0, 0.05) is 10.6 Å². The first-order valence-electron chi connectivity index (χ1n) is 7.40. The molecule has 114 valence electrons. The molecule has 1 aliphatic carbocycles. The van der Waals surface area contributed by atoms with Crippen LogP contribution in [0.4, 0.5) is 4.39 Å². The molecule has 22 heavy (non-hydrogen) atoms. The summed E-state index contributed by atoms with van der Waals surface area (Å²) in [4.78, 5) is 12.3. The van der Waals surface area contributed by atoms with Crippen LogP contribution in [0.1, 0.15) is 35.2 Å². The van der Waals surface area contributed by atoms with Gasteiger partial charge in [-0.2, -0.15) is 0 Å². The fourth-order valence-electron chi connectivity index (χ4n) is 2.90. The summed E-state index contributed by atoms with van der Waals surface area (Å²) in [6.45, 7) is 0. The first kappa shape index (κ1) is 15.0. The van der Waals surface area contributed by atoms with E-state index in [1.54, 1.807) is 12.1 Å². The average Bonchev–Trinajstić information content (AvgIpc) is 2.47. The van der Waals surface area contributed by atoms with Gasteiger partial charge in [-0.1, -0.05) is 35.9 Å². The average molecular weight is 318 g/mol. The van der Waals surface area contributed by atoms with Crippen molar-refractivity contribution >= 4 is 17.5 Å². The summed E-state index contributed by atoms with van der Waals surface area (Å²) in [5, 5.41) is 3.73. The number of carbonyl (C=O) groups is 1. The van der Waals surface area contributed by atoms with Gasteiger partial charge in [0.15, 0.2) is 0 Å². The summed E-state index contributed by atoms with van der Waals surface area (Å²) in [6.07, 6.45) is 3.64. The molecule has 2 nitrogen and oxygen atoms in total. The quantitative estimate of drug-likeness (QED) is 0.891. The smallest absolute Gasteiger partial charge is 0.254 e. The Kier molecular flexibility index (Phi) is 4.16. The molecular weight excluding hydrogens is 301 g/mol. The van der Waals surface area contributed by atoms with E-state index in [4.69, 9.17) is 11.6 Å². The molecule has 1 aliphatic rings. The molecular formula is C18H17ClFNO. The van der Waals surface area contributed by atoms with Gasteiger partial charge in [0.1, 0.15) is 5.82 Å². The summed E-state index contributed by atoms with van der Waals surface area (Å²) in [5.74, 6) is -0.826. The molecule has 0 heterocycles. The molecule has 0 radical (unpaired) electrons. The number of benzene rings is 2. The van der Waals surface area contributed by atoms with Crippen LogP contribution in [0.3, 0.4) is 0 Å². The van der Waals surface area contributed by atoms with Crippen molar-refractivity contribution in [3.8, 4) is 0 Å². The molecule has 0 unspecified atom stereocenters. The normalized spacial score (nSPS) is 15.9. The fraction of sp³-hybridized carbons (Fsp3) is 0.278. The van der Waals surface area contributed by atoms with Crippen molar-refractivity contribution < 1.29 is 9.18 Å². The number of rotatable bonds is 4. The number of nitrogens with one attached hydrogen (secondary N) is 1. The Bertz CT molecular complexity index is 680. The summed E-state index contributed by atoms with van der Waals surface area (Å²) >= 11 is 5.90. The van der Waals surface area contributed by atoms with Gasteiger partial charge in [-0.05, 0) is 55.5 Å². The van der Waals surface area contributed by atoms with Crippen LogP contribution in [0.15, 0.2) is 48.5 Å². The summed E-state index contributed by atoms with van der Waals surface area (Å²) in [6, 6.07) is 13.7. The van der Waals surface area contributed by atoms with E-state index in [0.29, 0.717) is 5.02 Å². The lowest BCUT2D eigenvalue weighted by Crippen LogP contribution is -2.55. The van der Waals surface area contributed by atoms with E-state index < -0.39 is 5.82 Å². The van der Waals surface area contributed by atoms with Gasteiger partial charge in [0.05, 0.1) is 5.56 Å². The highest BCUT2D eigenvalue weighted by Crippen LogP contribution is 2.35. The maximum atomic E-state index is 13.7. The Labute approximate surface area is 134 Å². The molecule has 2 aromatic rings. The molecule has 1 N–H and O–H groups in total. The van der Waals surface area contributed by atoms with Crippen LogP contribution >= 0.6 is 11.6 Å². The van der Waals surface area contributed by atoms with Crippen molar-refractivity contribution in [1.29, 1.82) is 0 Å². The van der Waals surface area contributed by atoms with Gasteiger partial charge in [-0.15, -0.1) is 0 Å². The standard InChI is InChI=1S/C18H17ClFNO/c19-14-8-6-13(7-9-14)12-18(10-3-11-18)21-17(22)15-4-1-2-5-16(15)20/h1-2,4-9H,3,10-12H2,(H,21,22). The number of amides is 1. The van der Waals surface area contributed by atoms with Crippen LogP contribution in [0, 0.1) is 5.82 Å². The Balaban J connectivity index is 1.75. The zero-order chi connectivity index (χ0) is 15.6. The molecule has 0 bridgehead atoms. The van der Waals surface area contributed by atoms with E-state index >= 15 is 0 Å². The van der Waals surface area contributed by atoms with E-state index in [-0.39, 0.29) is 17.0 Å². The Morgan fingerprint density at radius 3 is 2.41 bits per heavy atom. The van der Waals surface area contributed by atoms with Gasteiger partial charge in [0.2, 0.25) is 0 Å². The van der Waals surface area contributed by atoms with E-state index in [2.05, 4.69) is 5.32 Å². The molecule has 4 heteroatoms. The number of hydrogen-bond acceptors (Lipinski definition) is 1. The Hall–Kier alpha value is -1.87. The lowest BCUT2D eigenvalue weighted by Gasteiger charge is -2.43. The molecule has 1 amide bonds. The molecule has 3 rings (SSSR count). The maximum Gasteiger partial charge on any atom is 0.254 e. The van der Waals surface area contributed by atoms with Crippen LogP contribution in [-0.2, 0) is 6.42 Å². The number of halogens is 2. The van der Waals surface area contributed by atoms with Crippen LogP contribution in [-0.4, -0.2) is 11.4 Å². The number of hydrogen-bond donors (Lipinski definition) is 1. The van der Waals surface area contributed by atoms with Crippen molar-refractivity contribution in [1.82, 2.24) is 5.32 Å². The third-order valence-corrected chi connectivity index (χ3v) is 4.52. The zero-order valence-electron chi connectivity index (χ0n) is 12.1. The van der Waals surface area contributed by atoms with Crippen molar-refractivity contribution in [3.05, 3.63) is 70.5 Å². The summed E-state index contributed by atoms with van der Waals surface area (Å²) in [5.41, 5.74) is 0.954. The van der Waals surface area contributed by atoms with E-state index in [9.17, 15) is 9.18 Å². The minimum Gasteiger partial charge on any atom is -0.346 e. The van der Waals surface area contributed by atoms with E-state index in [1.165, 1.54) is 12.1 Å². The highest BCUT2D eigenvalue weighted by atomic mass is 35.5. The highest BCUT2D eigenvalue weighted by molar-refractivity contribution is 6.30. The molecule has 0 spiro atoms. The van der Waals surface area contributed by atoms with Gasteiger partial charge in [-0.25, -0.2) is 4.39 Å². The maximum absolute atomic E-state index is 13.7. The van der Waals surface area contributed by atoms with Crippen molar-refractivity contribution in [2.45, 2.75) is 31.2 Å². The SMILES string of the molecule is O=C(NC1(Cc2ccc(Cl)cc2)CCC1)c1ccccc1F. The van der Waals surface area contributed by atoms with Crippen LogP contribution in [0.5, 0.6) is 0 Å². The van der Waals surface area contributed by atoms with Crippen LogP contribution in [0.2, 0.25) is 5.02 Å². The summed E-state index contributed by atoms with van der Waals surface area (Å²) < 4.78 is 13.7. The summed E-state index contributed by atoms with van der Waals surface area (Å²) in [7, 11) is 0. The molecule has 1 fully saturated rings. The third-order valence-electron chi connectivity index (χ3n) is 4.26. The Morgan fingerprint density at radius 2 is 1.82 bits per heavy atom. The predicted molar refractivity (Wildman–Crippen MR) is 85.6 cm³/mol. The van der Waals surface area contributed by atoms with Gasteiger partial charge >= 0.3 is 0 Å². The molecule has 2 aromatic carbocycles. The van der Waals surface area contributed by atoms with Crippen molar-refractivity contribution in [2.24, 2.45) is 0 Å². The van der Waals surface area contributed by atoms with Gasteiger partial charge in [-0.3, -0.25) is 4.79 Å². The number of carbonyl (C=O) groups excluding carboxylic acids is 1. The fourth-order valence-corrected chi connectivity index (χ4v) is 3.02. The molecule has 0 aromatic heterocycles. The first-order chi connectivity index (χ1) is 10.6. The van der Waals surface area contributed by atoms with E-state index in [1.807, 2.05) is 24.3 Å². The lowest BCUT2D eigenvalue weighted by molar-refractivity contribution is 0.0822. The molecule has 0 saturated heterocycles. The second-order valence-corrected chi connectivity index (χ2v) is 6.31.